The van der Waals surface area contributed by atoms with Crippen molar-refractivity contribution in [2.75, 3.05) is 30.3 Å². The molecule has 2 amide bonds. The first-order valence-corrected chi connectivity index (χ1v) is 12.7. The van der Waals surface area contributed by atoms with E-state index in [4.69, 9.17) is 0 Å². The SMILES string of the molecule is C[C@H](C(=O)Nc1cc(C2CC2)[nH]n1)c1cccc(-c2cccc(NC(=O)C=CCN3CC[C@H](F)C3)n2)c1. The van der Waals surface area contributed by atoms with Gasteiger partial charge in [0.2, 0.25) is 11.8 Å². The quantitative estimate of drug-likeness (QED) is 0.370. The summed E-state index contributed by atoms with van der Waals surface area (Å²) >= 11 is 0. The Bertz CT molecular complexity index is 1300. The maximum absolute atomic E-state index is 13.3. The van der Waals surface area contributed by atoms with Gasteiger partial charge in [-0.25, -0.2) is 9.37 Å². The lowest BCUT2D eigenvalue weighted by Gasteiger charge is -2.13. The molecule has 5 rings (SSSR count). The highest BCUT2D eigenvalue weighted by Gasteiger charge is 2.26. The van der Waals surface area contributed by atoms with Gasteiger partial charge in [-0.15, -0.1) is 0 Å². The van der Waals surface area contributed by atoms with Crippen LogP contribution in [-0.4, -0.2) is 57.7 Å². The Morgan fingerprint density at radius 1 is 1.14 bits per heavy atom. The largest absolute Gasteiger partial charge is 0.309 e. The Morgan fingerprint density at radius 3 is 2.76 bits per heavy atom. The zero-order valence-corrected chi connectivity index (χ0v) is 20.8. The van der Waals surface area contributed by atoms with E-state index < -0.39 is 12.1 Å². The van der Waals surface area contributed by atoms with Crippen molar-refractivity contribution >= 4 is 23.5 Å². The average Bonchev–Trinajstić information content (AvgIpc) is 3.51. The fourth-order valence-corrected chi connectivity index (χ4v) is 4.45. The summed E-state index contributed by atoms with van der Waals surface area (Å²) in [5.74, 6) is 0.694. The third-order valence-corrected chi connectivity index (χ3v) is 6.79. The maximum atomic E-state index is 13.3. The van der Waals surface area contributed by atoms with E-state index in [1.54, 1.807) is 12.1 Å². The number of hydrogen-bond donors (Lipinski definition) is 3. The molecule has 2 aromatic heterocycles. The fourth-order valence-electron chi connectivity index (χ4n) is 4.45. The summed E-state index contributed by atoms with van der Waals surface area (Å²) in [5, 5.41) is 12.9. The molecule has 1 aliphatic heterocycles. The number of aromatic nitrogens is 3. The maximum Gasteiger partial charge on any atom is 0.249 e. The molecule has 0 radical (unpaired) electrons. The number of rotatable bonds is 9. The minimum atomic E-state index is -0.777. The molecule has 2 aliphatic rings. The number of alkyl halides is 1. The number of hydrogen-bond acceptors (Lipinski definition) is 5. The van der Waals surface area contributed by atoms with Crippen LogP contribution < -0.4 is 10.6 Å². The van der Waals surface area contributed by atoms with Crippen molar-refractivity contribution in [2.24, 2.45) is 0 Å². The zero-order chi connectivity index (χ0) is 25.8. The topological polar surface area (TPSA) is 103 Å². The number of nitrogens with zero attached hydrogens (tertiary/aromatic N) is 3. The Labute approximate surface area is 215 Å². The molecule has 2 atom stereocenters. The number of likely N-dealkylation sites (tertiary alicyclic amines) is 1. The van der Waals surface area contributed by atoms with Gasteiger partial charge in [-0.2, -0.15) is 5.10 Å². The predicted molar refractivity (Wildman–Crippen MR) is 141 cm³/mol. The summed E-state index contributed by atoms with van der Waals surface area (Å²) in [6.07, 6.45) is 5.29. The van der Waals surface area contributed by atoms with Gasteiger partial charge in [0, 0.05) is 49.0 Å². The number of aromatic amines is 1. The molecule has 3 N–H and O–H groups in total. The lowest BCUT2D eigenvalue weighted by molar-refractivity contribution is -0.117. The van der Waals surface area contributed by atoms with E-state index in [9.17, 15) is 14.0 Å². The van der Waals surface area contributed by atoms with Gasteiger partial charge in [-0.05, 0) is 49.9 Å². The van der Waals surface area contributed by atoms with Gasteiger partial charge in [-0.3, -0.25) is 19.6 Å². The van der Waals surface area contributed by atoms with Crippen LogP contribution in [0.2, 0.25) is 0 Å². The number of anilines is 2. The van der Waals surface area contributed by atoms with Crippen LogP contribution in [0.3, 0.4) is 0 Å². The Balaban J connectivity index is 1.20. The molecule has 1 saturated carbocycles. The molecule has 0 unspecified atom stereocenters. The number of amides is 2. The standard InChI is InChI=1S/C28H31FN6O2/c1-18(28(37)32-26-16-24(33-34-26)19-10-11-19)20-5-2-6-21(15-20)23-7-3-8-25(30-23)31-27(36)9-4-13-35-14-12-22(29)17-35/h2-9,15-16,18-19,22H,10-14,17H2,1H3,(H,30,31,36)(H2,32,33,34,37)/t18-,22-/m0/s1. The van der Waals surface area contributed by atoms with Crippen molar-refractivity contribution in [1.82, 2.24) is 20.1 Å². The first kappa shape index (κ1) is 24.8. The van der Waals surface area contributed by atoms with Gasteiger partial charge in [0.25, 0.3) is 0 Å². The normalized spacial score (nSPS) is 18.7. The van der Waals surface area contributed by atoms with Gasteiger partial charge in [0.05, 0.1) is 11.6 Å². The highest BCUT2D eigenvalue weighted by molar-refractivity contribution is 5.98. The first-order chi connectivity index (χ1) is 17.9. The van der Waals surface area contributed by atoms with E-state index in [2.05, 4.69) is 25.8 Å². The highest BCUT2D eigenvalue weighted by atomic mass is 19.1. The second-order valence-corrected chi connectivity index (χ2v) is 9.76. The van der Waals surface area contributed by atoms with E-state index in [0.29, 0.717) is 49.3 Å². The molecule has 3 aromatic rings. The predicted octanol–water partition coefficient (Wildman–Crippen LogP) is 4.63. The van der Waals surface area contributed by atoms with Gasteiger partial charge < -0.3 is 10.6 Å². The summed E-state index contributed by atoms with van der Waals surface area (Å²) in [6.45, 7) is 3.52. The number of pyridine rings is 1. The van der Waals surface area contributed by atoms with E-state index in [0.717, 1.165) is 29.7 Å². The van der Waals surface area contributed by atoms with E-state index in [1.807, 2.05) is 54.3 Å². The molecule has 3 heterocycles. The highest BCUT2D eigenvalue weighted by Crippen LogP contribution is 2.39. The number of carbonyl (C=O) groups excluding carboxylic acids is 2. The lowest BCUT2D eigenvalue weighted by atomic mass is 9.97. The molecule has 1 aromatic carbocycles. The average molecular weight is 503 g/mol. The number of benzene rings is 1. The lowest BCUT2D eigenvalue weighted by Crippen LogP contribution is -2.21. The number of nitrogens with one attached hydrogen (secondary N) is 3. The van der Waals surface area contributed by atoms with Crippen molar-refractivity contribution < 1.29 is 14.0 Å². The van der Waals surface area contributed by atoms with Crippen LogP contribution in [-0.2, 0) is 9.59 Å². The van der Waals surface area contributed by atoms with Crippen molar-refractivity contribution in [2.45, 2.75) is 44.2 Å². The van der Waals surface area contributed by atoms with Crippen LogP contribution in [0.15, 0.2) is 60.7 Å². The van der Waals surface area contributed by atoms with Crippen LogP contribution in [0.5, 0.6) is 0 Å². The van der Waals surface area contributed by atoms with Gasteiger partial charge in [-0.1, -0.05) is 30.3 Å². The monoisotopic (exact) mass is 502 g/mol. The Hall–Kier alpha value is -3.85. The molecule has 0 bridgehead atoms. The zero-order valence-electron chi connectivity index (χ0n) is 20.8. The summed E-state index contributed by atoms with van der Waals surface area (Å²) in [7, 11) is 0. The van der Waals surface area contributed by atoms with Gasteiger partial charge in [0.15, 0.2) is 5.82 Å². The first-order valence-electron chi connectivity index (χ1n) is 12.7. The van der Waals surface area contributed by atoms with Crippen molar-refractivity contribution in [3.05, 3.63) is 71.9 Å². The van der Waals surface area contributed by atoms with E-state index >= 15 is 0 Å². The molecule has 2 fully saturated rings. The molecular weight excluding hydrogens is 471 g/mol. The van der Waals surface area contributed by atoms with Gasteiger partial charge >= 0.3 is 0 Å². The minimum Gasteiger partial charge on any atom is -0.309 e. The second-order valence-electron chi connectivity index (χ2n) is 9.76. The van der Waals surface area contributed by atoms with Gasteiger partial charge in [0.1, 0.15) is 12.0 Å². The molecule has 0 spiro atoms. The Morgan fingerprint density at radius 2 is 1.97 bits per heavy atom. The Kier molecular flexibility index (Phi) is 7.41. The van der Waals surface area contributed by atoms with Crippen LogP contribution in [0.25, 0.3) is 11.3 Å². The number of H-pyrrole nitrogens is 1. The van der Waals surface area contributed by atoms with Crippen molar-refractivity contribution in [1.29, 1.82) is 0 Å². The van der Waals surface area contributed by atoms with Crippen LogP contribution >= 0.6 is 0 Å². The molecule has 1 saturated heterocycles. The summed E-state index contributed by atoms with van der Waals surface area (Å²) in [4.78, 5) is 31.7. The third-order valence-electron chi connectivity index (χ3n) is 6.79. The van der Waals surface area contributed by atoms with Crippen molar-refractivity contribution in [3.63, 3.8) is 0 Å². The molecule has 9 heteroatoms. The minimum absolute atomic E-state index is 0.136. The van der Waals surface area contributed by atoms with E-state index in [-0.39, 0.29) is 11.8 Å². The summed E-state index contributed by atoms with van der Waals surface area (Å²) in [5.41, 5.74) is 3.45. The van der Waals surface area contributed by atoms with Crippen molar-refractivity contribution in [3.8, 4) is 11.3 Å². The van der Waals surface area contributed by atoms with Crippen LogP contribution in [0, 0.1) is 0 Å². The second kappa shape index (κ2) is 11.0. The molecule has 192 valence electrons. The number of carbonyl (C=O) groups is 2. The summed E-state index contributed by atoms with van der Waals surface area (Å²) < 4.78 is 13.3. The van der Waals surface area contributed by atoms with E-state index in [1.165, 1.54) is 6.08 Å². The smallest absolute Gasteiger partial charge is 0.249 e. The molecule has 37 heavy (non-hydrogen) atoms. The molecule has 1 aliphatic carbocycles. The van der Waals surface area contributed by atoms with Crippen LogP contribution in [0.4, 0.5) is 16.0 Å². The molecule has 8 nitrogen and oxygen atoms in total. The van der Waals surface area contributed by atoms with Crippen LogP contribution in [0.1, 0.15) is 49.3 Å². The molecular formula is C28H31FN6O2. The fraction of sp³-hybridized carbons (Fsp3) is 0.357. The third kappa shape index (κ3) is 6.48. The summed E-state index contributed by atoms with van der Waals surface area (Å²) in [6, 6.07) is 15.0. The number of halogens is 1.